The van der Waals surface area contributed by atoms with Crippen molar-refractivity contribution < 1.29 is 8.42 Å². The lowest BCUT2D eigenvalue weighted by Crippen LogP contribution is -2.47. The van der Waals surface area contributed by atoms with Gasteiger partial charge in [-0.1, -0.05) is 0 Å². The van der Waals surface area contributed by atoms with Crippen molar-refractivity contribution in [1.29, 1.82) is 0 Å². The first-order valence-corrected chi connectivity index (χ1v) is 8.45. The maximum Gasteiger partial charge on any atom is 0.250 e. The van der Waals surface area contributed by atoms with E-state index in [1.54, 1.807) is 6.07 Å². The summed E-state index contributed by atoms with van der Waals surface area (Å²) >= 11 is 1.28. The van der Waals surface area contributed by atoms with Crippen LogP contribution in [0.4, 0.5) is 0 Å². The Labute approximate surface area is 119 Å². The van der Waals surface area contributed by atoms with Crippen LogP contribution in [0.3, 0.4) is 0 Å². The average Bonchev–Trinajstić information content (AvgIpc) is 2.76. The van der Waals surface area contributed by atoms with Crippen LogP contribution in [0.1, 0.15) is 18.7 Å². The van der Waals surface area contributed by atoms with Gasteiger partial charge in [-0.3, -0.25) is 0 Å². The Morgan fingerprint density at radius 2 is 2.00 bits per heavy atom. The van der Waals surface area contributed by atoms with E-state index in [0.717, 1.165) is 4.88 Å². The fourth-order valence-corrected chi connectivity index (χ4v) is 3.90. The standard InChI is InChI=1S/C12H23N3O2S2/c1-12(2,15(3)4)9-14-19(16,17)11-6-5-10(18-11)7-8-13/h5-6,14H,7-9,13H2,1-4H3. The Balaban J connectivity index is 2.75. The molecule has 3 N–H and O–H groups in total. The predicted molar refractivity (Wildman–Crippen MR) is 80.0 cm³/mol. The van der Waals surface area contributed by atoms with Crippen LogP contribution < -0.4 is 10.5 Å². The molecule has 0 spiro atoms. The molecule has 0 unspecified atom stereocenters. The summed E-state index contributed by atoms with van der Waals surface area (Å²) in [5, 5.41) is 0. The van der Waals surface area contributed by atoms with Gasteiger partial charge in [-0.2, -0.15) is 0 Å². The van der Waals surface area contributed by atoms with Gasteiger partial charge in [-0.15, -0.1) is 11.3 Å². The molecule has 0 radical (unpaired) electrons. The number of likely N-dealkylation sites (N-methyl/N-ethyl adjacent to an activating group) is 1. The van der Waals surface area contributed by atoms with Crippen molar-refractivity contribution in [3.8, 4) is 0 Å². The Morgan fingerprint density at radius 1 is 1.37 bits per heavy atom. The average molecular weight is 305 g/mol. The highest BCUT2D eigenvalue weighted by Crippen LogP contribution is 2.22. The molecule has 110 valence electrons. The van der Waals surface area contributed by atoms with Crippen LogP contribution in [-0.4, -0.2) is 46.0 Å². The van der Waals surface area contributed by atoms with Gasteiger partial charge >= 0.3 is 0 Å². The third-order valence-corrected chi connectivity index (χ3v) is 6.24. The van der Waals surface area contributed by atoms with E-state index in [2.05, 4.69) is 4.72 Å². The topological polar surface area (TPSA) is 75.4 Å². The molecule has 0 bridgehead atoms. The molecule has 7 heteroatoms. The van der Waals surface area contributed by atoms with E-state index in [-0.39, 0.29) is 5.54 Å². The minimum absolute atomic E-state index is 0.232. The normalized spacial score (nSPS) is 13.2. The lowest BCUT2D eigenvalue weighted by molar-refractivity contribution is 0.199. The largest absolute Gasteiger partial charge is 0.330 e. The van der Waals surface area contributed by atoms with Gasteiger partial charge in [0.15, 0.2) is 0 Å². The van der Waals surface area contributed by atoms with Crippen LogP contribution >= 0.6 is 11.3 Å². The van der Waals surface area contributed by atoms with Crippen LogP contribution in [0.25, 0.3) is 0 Å². The van der Waals surface area contributed by atoms with Crippen LogP contribution in [0.5, 0.6) is 0 Å². The zero-order valence-corrected chi connectivity index (χ0v) is 13.6. The number of sulfonamides is 1. The molecule has 1 rings (SSSR count). The monoisotopic (exact) mass is 305 g/mol. The van der Waals surface area contributed by atoms with E-state index in [0.29, 0.717) is 23.7 Å². The molecule has 0 aromatic carbocycles. The second-order valence-corrected chi connectivity index (χ2v) is 8.45. The second kappa shape index (κ2) is 6.32. The lowest BCUT2D eigenvalue weighted by Gasteiger charge is -2.32. The van der Waals surface area contributed by atoms with Gasteiger partial charge in [0.1, 0.15) is 4.21 Å². The third-order valence-electron chi connectivity index (χ3n) is 3.20. The summed E-state index contributed by atoms with van der Waals surface area (Å²) in [5.41, 5.74) is 5.23. The predicted octanol–water partition coefficient (Wildman–Crippen LogP) is 0.868. The molecular formula is C12H23N3O2S2. The molecule has 1 aromatic rings. The van der Waals surface area contributed by atoms with Crippen molar-refractivity contribution in [2.75, 3.05) is 27.2 Å². The summed E-state index contributed by atoms with van der Waals surface area (Å²) < 4.78 is 27.4. The molecule has 0 amide bonds. The Bertz CT molecular complexity index is 507. The number of thiophene rings is 1. The smallest absolute Gasteiger partial charge is 0.250 e. The highest BCUT2D eigenvalue weighted by atomic mass is 32.2. The first-order chi connectivity index (χ1) is 8.69. The zero-order chi connectivity index (χ0) is 14.7. The van der Waals surface area contributed by atoms with Crippen molar-refractivity contribution in [2.24, 2.45) is 5.73 Å². The van der Waals surface area contributed by atoms with E-state index >= 15 is 0 Å². The number of rotatable bonds is 7. The fourth-order valence-electron chi connectivity index (χ4n) is 1.28. The van der Waals surface area contributed by atoms with Crippen LogP contribution in [0.15, 0.2) is 16.3 Å². The number of hydrogen-bond acceptors (Lipinski definition) is 5. The maximum atomic E-state index is 12.2. The molecule has 0 aliphatic heterocycles. The first kappa shape index (κ1) is 16.6. The minimum Gasteiger partial charge on any atom is -0.330 e. The molecule has 0 saturated carbocycles. The fraction of sp³-hybridized carbons (Fsp3) is 0.667. The van der Waals surface area contributed by atoms with Gasteiger partial charge in [0, 0.05) is 17.0 Å². The third kappa shape index (κ3) is 4.54. The number of nitrogens with one attached hydrogen (secondary N) is 1. The van der Waals surface area contributed by atoms with Gasteiger partial charge in [0.2, 0.25) is 10.0 Å². The molecular weight excluding hydrogens is 282 g/mol. The van der Waals surface area contributed by atoms with Crippen molar-refractivity contribution in [3.63, 3.8) is 0 Å². The van der Waals surface area contributed by atoms with Gasteiger partial charge in [0.25, 0.3) is 0 Å². The number of nitrogens with two attached hydrogens (primary N) is 1. The van der Waals surface area contributed by atoms with Crippen LogP contribution in [0.2, 0.25) is 0 Å². The summed E-state index contributed by atoms with van der Waals surface area (Å²) in [7, 11) is 0.435. The van der Waals surface area contributed by atoms with Gasteiger partial charge in [-0.25, -0.2) is 13.1 Å². The molecule has 1 aromatic heterocycles. The highest BCUT2D eigenvalue weighted by Gasteiger charge is 2.24. The molecule has 0 saturated heterocycles. The summed E-state index contributed by atoms with van der Waals surface area (Å²) in [6, 6.07) is 3.46. The molecule has 0 aliphatic rings. The van der Waals surface area contributed by atoms with E-state index in [9.17, 15) is 8.42 Å². The quantitative estimate of drug-likeness (QED) is 0.784. The van der Waals surface area contributed by atoms with Gasteiger partial charge in [-0.05, 0) is 53.0 Å². The number of nitrogens with zero attached hydrogens (tertiary/aromatic N) is 1. The summed E-state index contributed by atoms with van der Waals surface area (Å²) in [4.78, 5) is 2.99. The molecule has 0 atom stereocenters. The Morgan fingerprint density at radius 3 is 2.53 bits per heavy atom. The van der Waals surface area contributed by atoms with Gasteiger partial charge in [0.05, 0.1) is 0 Å². The highest BCUT2D eigenvalue weighted by molar-refractivity contribution is 7.91. The van der Waals surface area contributed by atoms with Crippen molar-refractivity contribution in [1.82, 2.24) is 9.62 Å². The molecule has 19 heavy (non-hydrogen) atoms. The van der Waals surface area contributed by atoms with E-state index in [1.165, 1.54) is 11.3 Å². The second-order valence-electron chi connectivity index (χ2n) is 5.29. The summed E-state index contributed by atoms with van der Waals surface area (Å²) in [6.45, 7) is 4.88. The maximum absolute atomic E-state index is 12.2. The SMILES string of the molecule is CN(C)C(C)(C)CNS(=O)(=O)c1ccc(CCN)s1. The number of hydrogen-bond donors (Lipinski definition) is 2. The Kier molecular flexibility index (Phi) is 5.52. The molecule has 5 nitrogen and oxygen atoms in total. The van der Waals surface area contributed by atoms with Gasteiger partial charge < -0.3 is 10.6 Å². The van der Waals surface area contributed by atoms with Crippen LogP contribution in [0, 0.1) is 0 Å². The Hall–Kier alpha value is -0.470. The summed E-state index contributed by atoms with van der Waals surface area (Å²) in [6.07, 6.45) is 0.712. The lowest BCUT2D eigenvalue weighted by atomic mass is 10.1. The van der Waals surface area contributed by atoms with E-state index < -0.39 is 10.0 Å². The molecule has 1 heterocycles. The van der Waals surface area contributed by atoms with E-state index in [4.69, 9.17) is 5.73 Å². The summed E-state index contributed by atoms with van der Waals surface area (Å²) in [5.74, 6) is 0. The molecule has 0 aliphatic carbocycles. The van der Waals surface area contributed by atoms with Crippen molar-refractivity contribution in [2.45, 2.75) is 30.0 Å². The van der Waals surface area contributed by atoms with E-state index in [1.807, 2.05) is 38.9 Å². The molecule has 0 fully saturated rings. The van der Waals surface area contributed by atoms with Crippen LogP contribution in [-0.2, 0) is 16.4 Å². The van der Waals surface area contributed by atoms with Crippen molar-refractivity contribution >= 4 is 21.4 Å². The first-order valence-electron chi connectivity index (χ1n) is 6.15. The zero-order valence-electron chi connectivity index (χ0n) is 11.9. The minimum atomic E-state index is -3.42. The van der Waals surface area contributed by atoms with Crippen molar-refractivity contribution in [3.05, 3.63) is 17.0 Å².